The van der Waals surface area contributed by atoms with Crippen LogP contribution in [0, 0.1) is 5.41 Å². The molecule has 166 valence electrons. The van der Waals surface area contributed by atoms with Crippen molar-refractivity contribution < 1.29 is 19.5 Å². The molecule has 0 saturated carbocycles. The molecule has 2 aliphatic rings. The van der Waals surface area contributed by atoms with Crippen molar-refractivity contribution >= 4 is 17.7 Å². The smallest absolute Gasteiger partial charge is 0.248 e. The highest BCUT2D eigenvalue weighted by Gasteiger charge is 2.45. The number of hydrogen-bond acceptors (Lipinski definition) is 6. The van der Waals surface area contributed by atoms with Gasteiger partial charge in [-0.15, -0.1) is 5.10 Å². The van der Waals surface area contributed by atoms with Crippen molar-refractivity contribution in [3.8, 4) is 0 Å². The summed E-state index contributed by atoms with van der Waals surface area (Å²) in [5.41, 5.74) is 0.112. The molecule has 10 heteroatoms. The Kier molecular flexibility index (Phi) is 6.44. The van der Waals surface area contributed by atoms with E-state index in [1.807, 2.05) is 20.8 Å². The van der Waals surface area contributed by atoms with Gasteiger partial charge >= 0.3 is 0 Å². The maximum absolute atomic E-state index is 13.5. The first kappa shape index (κ1) is 22.2. The standard InChI is InChI=1S/C20H32N6O4/c1-20(2,3)17(19(30)25-12-14(27)9-15(25)18(29)21-4)26-11-13(22-23-26)10-24-8-6-5-7-16(24)28/h11,14-15,17,27H,5-10,12H2,1-4H3,(H,21,29)/t14?,15-,17?/m1/s1. The second-order valence-electron chi connectivity index (χ2n) is 9.24. The fourth-order valence-electron chi connectivity index (χ4n) is 4.25. The van der Waals surface area contributed by atoms with Crippen LogP contribution in [0.1, 0.15) is 58.2 Å². The van der Waals surface area contributed by atoms with Crippen molar-refractivity contribution in [2.24, 2.45) is 5.41 Å². The third-order valence-electron chi connectivity index (χ3n) is 5.76. The van der Waals surface area contributed by atoms with Crippen LogP contribution in [0.25, 0.3) is 0 Å². The van der Waals surface area contributed by atoms with Crippen molar-refractivity contribution in [2.45, 2.75) is 71.2 Å². The van der Waals surface area contributed by atoms with Gasteiger partial charge in [0.1, 0.15) is 17.8 Å². The van der Waals surface area contributed by atoms with Gasteiger partial charge in [0, 0.05) is 33.0 Å². The van der Waals surface area contributed by atoms with Crippen molar-refractivity contribution in [3.05, 3.63) is 11.9 Å². The molecule has 3 amide bonds. The van der Waals surface area contributed by atoms with Gasteiger partial charge in [-0.05, 0) is 18.3 Å². The largest absolute Gasteiger partial charge is 0.391 e. The summed E-state index contributed by atoms with van der Waals surface area (Å²) in [5.74, 6) is -0.465. The van der Waals surface area contributed by atoms with Gasteiger partial charge in [0.15, 0.2) is 0 Å². The summed E-state index contributed by atoms with van der Waals surface area (Å²) in [5, 5.41) is 21.0. The lowest BCUT2D eigenvalue weighted by atomic mass is 9.85. The Bertz CT molecular complexity index is 801. The van der Waals surface area contributed by atoms with Crippen LogP contribution in [-0.2, 0) is 20.9 Å². The van der Waals surface area contributed by atoms with Crippen LogP contribution in [0.2, 0.25) is 0 Å². The van der Waals surface area contributed by atoms with Gasteiger partial charge in [0.05, 0.1) is 18.8 Å². The summed E-state index contributed by atoms with van der Waals surface area (Å²) >= 11 is 0. The zero-order valence-corrected chi connectivity index (χ0v) is 18.2. The first-order valence-electron chi connectivity index (χ1n) is 10.5. The lowest BCUT2D eigenvalue weighted by molar-refractivity contribution is -0.144. The quantitative estimate of drug-likeness (QED) is 0.696. The Hall–Kier alpha value is -2.49. The molecule has 0 aliphatic carbocycles. The fourth-order valence-corrected chi connectivity index (χ4v) is 4.25. The molecule has 0 spiro atoms. The first-order valence-corrected chi connectivity index (χ1v) is 10.5. The zero-order valence-electron chi connectivity index (χ0n) is 18.2. The molecular weight excluding hydrogens is 388 g/mol. The van der Waals surface area contributed by atoms with Crippen molar-refractivity contribution in [1.29, 1.82) is 0 Å². The number of likely N-dealkylation sites (N-methyl/N-ethyl adjacent to an activating group) is 1. The van der Waals surface area contributed by atoms with Crippen LogP contribution in [0.4, 0.5) is 0 Å². The van der Waals surface area contributed by atoms with Crippen LogP contribution in [0.5, 0.6) is 0 Å². The van der Waals surface area contributed by atoms with Gasteiger partial charge in [-0.1, -0.05) is 26.0 Å². The molecule has 2 unspecified atom stereocenters. The molecule has 3 heterocycles. The highest BCUT2D eigenvalue weighted by atomic mass is 16.3. The van der Waals surface area contributed by atoms with E-state index in [1.165, 1.54) is 16.6 Å². The lowest BCUT2D eigenvalue weighted by Gasteiger charge is -2.34. The first-order chi connectivity index (χ1) is 14.1. The lowest BCUT2D eigenvalue weighted by Crippen LogP contribution is -2.49. The second-order valence-corrected chi connectivity index (χ2v) is 9.24. The minimum absolute atomic E-state index is 0.104. The van der Waals surface area contributed by atoms with Crippen LogP contribution in [0.3, 0.4) is 0 Å². The monoisotopic (exact) mass is 420 g/mol. The van der Waals surface area contributed by atoms with E-state index in [2.05, 4.69) is 15.6 Å². The number of carbonyl (C=O) groups is 3. The minimum atomic E-state index is -0.742. The zero-order chi connectivity index (χ0) is 22.1. The van der Waals surface area contributed by atoms with E-state index in [4.69, 9.17) is 0 Å². The Morgan fingerprint density at radius 3 is 2.70 bits per heavy atom. The Morgan fingerprint density at radius 1 is 1.33 bits per heavy atom. The predicted molar refractivity (Wildman–Crippen MR) is 108 cm³/mol. The second kappa shape index (κ2) is 8.71. The van der Waals surface area contributed by atoms with Crippen molar-refractivity contribution in [3.63, 3.8) is 0 Å². The number of aliphatic hydroxyl groups excluding tert-OH is 1. The topological polar surface area (TPSA) is 121 Å². The summed E-state index contributed by atoms with van der Waals surface area (Å²) in [6.45, 7) is 6.94. The van der Waals surface area contributed by atoms with Crippen LogP contribution < -0.4 is 5.32 Å². The number of nitrogens with zero attached hydrogens (tertiary/aromatic N) is 5. The van der Waals surface area contributed by atoms with Gasteiger partial charge in [-0.2, -0.15) is 0 Å². The number of piperidine rings is 1. The van der Waals surface area contributed by atoms with Gasteiger partial charge in [0.2, 0.25) is 17.7 Å². The summed E-state index contributed by atoms with van der Waals surface area (Å²) in [4.78, 5) is 41.0. The van der Waals surface area contributed by atoms with E-state index in [0.717, 1.165) is 12.8 Å². The summed E-state index contributed by atoms with van der Waals surface area (Å²) in [7, 11) is 1.52. The molecule has 1 aromatic heterocycles. The number of nitrogens with one attached hydrogen (secondary N) is 1. The minimum Gasteiger partial charge on any atom is -0.391 e. The molecule has 1 aromatic rings. The number of likely N-dealkylation sites (tertiary alicyclic amines) is 2. The van der Waals surface area contributed by atoms with Gasteiger partial charge in [-0.25, -0.2) is 4.68 Å². The fraction of sp³-hybridized carbons (Fsp3) is 0.750. The number of rotatable bonds is 5. The van der Waals surface area contributed by atoms with E-state index in [0.29, 0.717) is 25.2 Å². The average molecular weight is 421 g/mol. The summed E-state index contributed by atoms with van der Waals surface area (Å²) in [6.07, 6.45) is 3.61. The molecule has 2 saturated heterocycles. The molecule has 2 fully saturated rings. The Balaban J connectivity index is 1.83. The Morgan fingerprint density at radius 2 is 2.07 bits per heavy atom. The summed E-state index contributed by atoms with van der Waals surface area (Å²) < 4.78 is 1.53. The molecule has 10 nitrogen and oxygen atoms in total. The van der Waals surface area contributed by atoms with Crippen molar-refractivity contribution in [1.82, 2.24) is 30.1 Å². The number of β-amino-alcohol motifs (C(OH)–C–C–N with tert-alkyl or cyclic N) is 1. The van der Waals surface area contributed by atoms with Crippen LogP contribution in [0.15, 0.2) is 6.20 Å². The van der Waals surface area contributed by atoms with Crippen LogP contribution in [-0.4, -0.2) is 79.9 Å². The third kappa shape index (κ3) is 4.63. The Labute approximate surface area is 176 Å². The van der Waals surface area contributed by atoms with Crippen LogP contribution >= 0.6 is 0 Å². The molecule has 0 bridgehead atoms. The molecule has 0 aromatic carbocycles. The number of carbonyl (C=O) groups excluding carboxylic acids is 3. The maximum atomic E-state index is 13.5. The van der Waals surface area contributed by atoms with Gasteiger partial charge in [0.25, 0.3) is 0 Å². The van der Waals surface area contributed by atoms with Crippen molar-refractivity contribution in [2.75, 3.05) is 20.1 Å². The summed E-state index contributed by atoms with van der Waals surface area (Å²) in [6, 6.07) is -1.41. The maximum Gasteiger partial charge on any atom is 0.248 e. The highest BCUT2D eigenvalue weighted by molar-refractivity contribution is 5.90. The van der Waals surface area contributed by atoms with E-state index in [-0.39, 0.29) is 30.7 Å². The molecular formula is C20H32N6O4. The number of amides is 3. The van der Waals surface area contributed by atoms with Gasteiger partial charge in [-0.3, -0.25) is 14.4 Å². The van der Waals surface area contributed by atoms with E-state index in [1.54, 1.807) is 11.1 Å². The highest BCUT2D eigenvalue weighted by Crippen LogP contribution is 2.34. The normalized spacial score (nSPS) is 23.6. The number of aliphatic hydroxyl groups is 1. The number of aromatic nitrogens is 3. The molecule has 2 N–H and O–H groups in total. The van der Waals surface area contributed by atoms with E-state index < -0.39 is 23.6 Å². The SMILES string of the molecule is CNC(=O)[C@H]1CC(O)CN1C(=O)C(n1cc(CN2CCCCC2=O)nn1)C(C)(C)C. The average Bonchev–Trinajstić information content (AvgIpc) is 3.28. The van der Waals surface area contributed by atoms with Gasteiger partial charge < -0.3 is 20.2 Å². The van der Waals surface area contributed by atoms with E-state index in [9.17, 15) is 19.5 Å². The molecule has 0 radical (unpaired) electrons. The third-order valence-corrected chi connectivity index (χ3v) is 5.76. The molecule has 2 aliphatic heterocycles. The van der Waals surface area contributed by atoms with E-state index >= 15 is 0 Å². The molecule has 3 atom stereocenters. The number of hydrogen-bond donors (Lipinski definition) is 2. The molecule has 30 heavy (non-hydrogen) atoms. The predicted octanol–water partition coefficient (Wildman–Crippen LogP) is 0.0856. The molecule has 3 rings (SSSR count).